The van der Waals surface area contributed by atoms with Crippen LogP contribution in [-0.2, 0) is 9.53 Å². The zero-order valence-electron chi connectivity index (χ0n) is 14.1. The lowest BCUT2D eigenvalue weighted by Gasteiger charge is -2.50. The van der Waals surface area contributed by atoms with Crippen LogP contribution in [0.25, 0.3) is 0 Å². The molecule has 0 unspecified atom stereocenters. The Hall–Kier alpha value is -1.58. The van der Waals surface area contributed by atoms with Gasteiger partial charge in [-0.3, -0.25) is 0 Å². The Balaban J connectivity index is 2.56. The van der Waals surface area contributed by atoms with Crippen molar-refractivity contribution in [1.82, 2.24) is 0 Å². The average Bonchev–Trinajstić information content (AvgIpc) is 2.45. The highest BCUT2D eigenvalue weighted by atomic mass is 19.1. The molecule has 2 atom stereocenters. The van der Waals surface area contributed by atoms with E-state index in [9.17, 15) is 9.18 Å². The molecule has 0 spiro atoms. The van der Waals surface area contributed by atoms with Crippen LogP contribution < -0.4 is 4.90 Å². The van der Waals surface area contributed by atoms with E-state index in [1.807, 2.05) is 0 Å². The maximum Gasteiger partial charge on any atom is 0.328 e. The van der Waals surface area contributed by atoms with Crippen LogP contribution in [0.2, 0.25) is 0 Å². The highest BCUT2D eigenvalue weighted by molar-refractivity contribution is 5.81. The van der Waals surface area contributed by atoms with E-state index in [1.54, 1.807) is 12.1 Å². The summed E-state index contributed by atoms with van der Waals surface area (Å²) >= 11 is 0. The van der Waals surface area contributed by atoms with Gasteiger partial charge in [0.1, 0.15) is 11.9 Å². The first-order valence-corrected chi connectivity index (χ1v) is 7.98. The van der Waals surface area contributed by atoms with Gasteiger partial charge in [0.25, 0.3) is 0 Å². The second-order valence-corrected chi connectivity index (χ2v) is 6.82. The SMILES string of the molecule is CCC[C@H](C(=O)OC)N1c2ccc(F)cc2[C@@H](C)CC1(C)C. The molecule has 0 saturated carbocycles. The van der Waals surface area contributed by atoms with Crippen molar-refractivity contribution >= 4 is 11.7 Å². The molecule has 0 N–H and O–H groups in total. The van der Waals surface area contributed by atoms with Crippen molar-refractivity contribution in [2.24, 2.45) is 0 Å². The van der Waals surface area contributed by atoms with Gasteiger partial charge >= 0.3 is 5.97 Å². The van der Waals surface area contributed by atoms with Crippen LogP contribution >= 0.6 is 0 Å². The number of benzene rings is 1. The number of rotatable bonds is 4. The van der Waals surface area contributed by atoms with Crippen molar-refractivity contribution < 1.29 is 13.9 Å². The lowest BCUT2D eigenvalue weighted by atomic mass is 9.78. The Morgan fingerprint density at radius 2 is 2.18 bits per heavy atom. The molecule has 2 rings (SSSR count). The number of fused-ring (bicyclic) bond motifs is 1. The van der Waals surface area contributed by atoms with Gasteiger partial charge in [0.05, 0.1) is 7.11 Å². The molecule has 0 fully saturated rings. The summed E-state index contributed by atoms with van der Waals surface area (Å²) in [6.07, 6.45) is 2.49. The molecular formula is C18H26FNO2. The summed E-state index contributed by atoms with van der Waals surface area (Å²) in [6, 6.07) is 4.54. The Morgan fingerprint density at radius 3 is 2.77 bits per heavy atom. The minimum Gasteiger partial charge on any atom is -0.467 e. The van der Waals surface area contributed by atoms with E-state index in [1.165, 1.54) is 13.2 Å². The standard InChI is InChI=1S/C18H26FNO2/c1-6-7-16(17(21)22-5)20-15-9-8-13(19)10-14(15)12(2)11-18(20,3)4/h8-10,12,16H,6-7,11H2,1-5H3/t12-,16+/m0/s1. The Labute approximate surface area is 132 Å². The van der Waals surface area contributed by atoms with E-state index in [0.29, 0.717) is 0 Å². The van der Waals surface area contributed by atoms with Crippen molar-refractivity contribution in [1.29, 1.82) is 0 Å². The second-order valence-electron chi connectivity index (χ2n) is 6.82. The number of carbonyl (C=O) groups excluding carboxylic acids is 1. The number of halogens is 1. The number of ether oxygens (including phenoxy) is 1. The third kappa shape index (κ3) is 2.96. The fourth-order valence-corrected chi connectivity index (χ4v) is 3.77. The number of anilines is 1. The molecule has 3 nitrogen and oxygen atoms in total. The number of hydrogen-bond donors (Lipinski definition) is 0. The first-order chi connectivity index (χ1) is 10.3. The Bertz CT molecular complexity index is 556. The predicted molar refractivity (Wildman–Crippen MR) is 86.7 cm³/mol. The van der Waals surface area contributed by atoms with E-state index < -0.39 is 0 Å². The van der Waals surface area contributed by atoms with Crippen LogP contribution in [0.1, 0.15) is 58.4 Å². The van der Waals surface area contributed by atoms with E-state index in [-0.39, 0.29) is 29.3 Å². The molecule has 0 saturated heterocycles. The Morgan fingerprint density at radius 1 is 1.50 bits per heavy atom. The number of nitrogens with zero attached hydrogens (tertiary/aromatic N) is 1. The number of methoxy groups -OCH3 is 1. The van der Waals surface area contributed by atoms with E-state index in [2.05, 4.69) is 32.6 Å². The first kappa shape index (κ1) is 16.8. The van der Waals surface area contributed by atoms with Crippen molar-refractivity contribution in [2.45, 2.75) is 64.5 Å². The number of esters is 1. The molecule has 122 valence electrons. The second kappa shape index (κ2) is 6.27. The van der Waals surface area contributed by atoms with Gasteiger partial charge in [-0.2, -0.15) is 0 Å². The van der Waals surface area contributed by atoms with Gasteiger partial charge in [-0.1, -0.05) is 20.3 Å². The average molecular weight is 307 g/mol. The maximum atomic E-state index is 13.7. The summed E-state index contributed by atoms with van der Waals surface area (Å²) in [5, 5.41) is 0. The smallest absolute Gasteiger partial charge is 0.328 e. The zero-order valence-corrected chi connectivity index (χ0v) is 14.1. The largest absolute Gasteiger partial charge is 0.467 e. The first-order valence-electron chi connectivity index (χ1n) is 7.98. The van der Waals surface area contributed by atoms with Crippen LogP contribution in [0.4, 0.5) is 10.1 Å². The highest BCUT2D eigenvalue weighted by Gasteiger charge is 2.42. The molecule has 0 aliphatic carbocycles. The van der Waals surface area contributed by atoms with E-state index >= 15 is 0 Å². The lowest BCUT2D eigenvalue weighted by Crippen LogP contribution is -2.56. The molecular weight excluding hydrogens is 281 g/mol. The van der Waals surface area contributed by atoms with Gasteiger partial charge in [0, 0.05) is 11.2 Å². The van der Waals surface area contributed by atoms with Gasteiger partial charge in [-0.05, 0) is 56.4 Å². The van der Waals surface area contributed by atoms with Gasteiger partial charge in [0.15, 0.2) is 0 Å². The van der Waals surface area contributed by atoms with Crippen molar-refractivity contribution in [3.63, 3.8) is 0 Å². The van der Waals surface area contributed by atoms with Crippen LogP contribution in [0, 0.1) is 5.82 Å². The molecule has 4 heteroatoms. The highest BCUT2D eigenvalue weighted by Crippen LogP contribution is 2.45. The van der Waals surface area contributed by atoms with Crippen molar-refractivity contribution in [3.05, 3.63) is 29.6 Å². The quantitative estimate of drug-likeness (QED) is 0.778. The summed E-state index contributed by atoms with van der Waals surface area (Å²) < 4.78 is 18.7. The van der Waals surface area contributed by atoms with E-state index in [4.69, 9.17) is 4.74 Å². The van der Waals surface area contributed by atoms with Crippen LogP contribution in [-0.4, -0.2) is 24.7 Å². The maximum absolute atomic E-state index is 13.7. The van der Waals surface area contributed by atoms with Gasteiger partial charge in [0.2, 0.25) is 0 Å². The minimum absolute atomic E-state index is 0.182. The lowest BCUT2D eigenvalue weighted by molar-refractivity contribution is -0.142. The summed E-state index contributed by atoms with van der Waals surface area (Å²) in [6.45, 7) is 8.45. The molecule has 1 aromatic carbocycles. The summed E-state index contributed by atoms with van der Waals surface area (Å²) in [5.41, 5.74) is 1.75. The Kier molecular flexibility index (Phi) is 4.78. The predicted octanol–water partition coefficient (Wildman–Crippen LogP) is 4.26. The zero-order chi connectivity index (χ0) is 16.5. The normalized spacial score (nSPS) is 21.2. The van der Waals surface area contributed by atoms with E-state index in [0.717, 1.165) is 30.5 Å². The molecule has 1 aliphatic rings. The minimum atomic E-state index is -0.332. The van der Waals surface area contributed by atoms with Gasteiger partial charge in [-0.15, -0.1) is 0 Å². The molecule has 22 heavy (non-hydrogen) atoms. The summed E-state index contributed by atoms with van der Waals surface area (Å²) in [4.78, 5) is 14.4. The van der Waals surface area contributed by atoms with Crippen molar-refractivity contribution in [2.75, 3.05) is 12.0 Å². The molecule has 1 heterocycles. The number of carbonyl (C=O) groups is 1. The van der Waals surface area contributed by atoms with Crippen LogP contribution in [0.3, 0.4) is 0 Å². The monoisotopic (exact) mass is 307 g/mol. The number of hydrogen-bond acceptors (Lipinski definition) is 3. The molecule has 0 aromatic heterocycles. The topological polar surface area (TPSA) is 29.5 Å². The molecule has 0 bridgehead atoms. The van der Waals surface area contributed by atoms with Gasteiger partial charge < -0.3 is 9.64 Å². The fraction of sp³-hybridized carbons (Fsp3) is 0.611. The molecule has 1 aromatic rings. The summed E-state index contributed by atoms with van der Waals surface area (Å²) in [5.74, 6) is -0.188. The molecule has 0 radical (unpaired) electrons. The van der Waals surface area contributed by atoms with Crippen molar-refractivity contribution in [3.8, 4) is 0 Å². The molecule has 1 aliphatic heterocycles. The van der Waals surface area contributed by atoms with Crippen LogP contribution in [0.5, 0.6) is 0 Å². The van der Waals surface area contributed by atoms with Crippen LogP contribution in [0.15, 0.2) is 18.2 Å². The fourth-order valence-electron chi connectivity index (χ4n) is 3.77. The molecule has 0 amide bonds. The third-order valence-corrected chi connectivity index (χ3v) is 4.58. The summed E-state index contributed by atoms with van der Waals surface area (Å²) in [7, 11) is 1.43. The third-order valence-electron chi connectivity index (χ3n) is 4.58. The van der Waals surface area contributed by atoms with Gasteiger partial charge in [-0.25, -0.2) is 9.18 Å².